The Labute approximate surface area is 142 Å². The summed E-state index contributed by atoms with van der Waals surface area (Å²) in [6, 6.07) is 0. The van der Waals surface area contributed by atoms with Gasteiger partial charge >= 0.3 is 124 Å². The molecule has 34 valence electrons. The Morgan fingerprint density at radius 3 is 0.571 bits per heavy atom. The van der Waals surface area contributed by atoms with Gasteiger partial charge in [0.15, 0.2) is 0 Å². The molecule has 7 heavy (non-hydrogen) atoms. The molecule has 0 aliphatic carbocycles. The molecule has 0 fully saturated rings. The molecule has 0 atom stereocenters. The van der Waals surface area contributed by atoms with Crippen LogP contribution < -0.4 is 103 Å². The van der Waals surface area contributed by atoms with Crippen molar-refractivity contribution in [2.75, 3.05) is 0 Å². The minimum Gasteiger partial charge on any atom is -2.00 e. The summed E-state index contributed by atoms with van der Waals surface area (Å²) in [5, 5.41) is 0. The number of rotatable bonds is 0. The zero-order chi connectivity index (χ0) is 0. The molecule has 0 spiro atoms. The SMILES string of the molecule is [K+].[K+].[Mo+4].[O-2].[O-2].[OH-].[OH-]. The molecule has 0 radical (unpaired) electrons. The fourth-order valence-corrected chi connectivity index (χ4v) is 0. The standard InChI is InChI=1S/2K.Mo.2H2O.2O/h;;;2*1H2;;/q2*+1;+4;;;2*-2/p-2. The summed E-state index contributed by atoms with van der Waals surface area (Å²) in [5.74, 6) is 0. The molecule has 0 aromatic rings. The molecular formula is H2K2MoO4. The molecule has 0 heterocycles. The van der Waals surface area contributed by atoms with Gasteiger partial charge in [-0.25, -0.2) is 0 Å². The molecule has 0 aliphatic heterocycles. The minimum absolute atomic E-state index is 0. The third-order valence-corrected chi connectivity index (χ3v) is 0. The quantitative estimate of drug-likeness (QED) is 0.391. The normalized spacial score (nSPS) is 0. The van der Waals surface area contributed by atoms with Crippen molar-refractivity contribution in [2.45, 2.75) is 0 Å². The topological polar surface area (TPSA) is 117 Å². The van der Waals surface area contributed by atoms with Crippen molar-refractivity contribution in [2.24, 2.45) is 0 Å². The Kier molecular flexibility index (Phi) is 539. The zero-order valence-corrected chi connectivity index (χ0v) is 12.4. The first-order valence-electron chi connectivity index (χ1n) is 0. The van der Waals surface area contributed by atoms with Crippen LogP contribution in [0.1, 0.15) is 0 Å². The van der Waals surface area contributed by atoms with E-state index < -0.39 is 0 Å². The van der Waals surface area contributed by atoms with Crippen molar-refractivity contribution in [1.29, 1.82) is 0 Å². The fourth-order valence-electron chi connectivity index (χ4n) is 0. The van der Waals surface area contributed by atoms with Gasteiger partial charge in [0, 0.05) is 0 Å². The van der Waals surface area contributed by atoms with Gasteiger partial charge in [0.1, 0.15) is 0 Å². The van der Waals surface area contributed by atoms with Crippen molar-refractivity contribution in [3.05, 3.63) is 0 Å². The van der Waals surface area contributed by atoms with Crippen LogP contribution in [-0.2, 0) is 32.0 Å². The van der Waals surface area contributed by atoms with E-state index in [9.17, 15) is 0 Å². The molecule has 0 amide bonds. The van der Waals surface area contributed by atoms with Crippen molar-refractivity contribution in [1.82, 2.24) is 0 Å². The third kappa shape index (κ3) is 41.3. The molecule has 4 nitrogen and oxygen atoms in total. The zero-order valence-electron chi connectivity index (χ0n) is 4.12. The van der Waals surface area contributed by atoms with Crippen LogP contribution >= 0.6 is 0 Å². The molecule has 0 aromatic heterocycles. The molecule has 0 bridgehead atoms. The van der Waals surface area contributed by atoms with E-state index in [2.05, 4.69) is 0 Å². The first kappa shape index (κ1) is 71.8. The van der Waals surface area contributed by atoms with Gasteiger partial charge < -0.3 is 21.9 Å². The van der Waals surface area contributed by atoms with E-state index in [0.29, 0.717) is 0 Å². The molecular weight excluding hydrogens is 238 g/mol. The Morgan fingerprint density at radius 1 is 0.571 bits per heavy atom. The van der Waals surface area contributed by atoms with E-state index in [-0.39, 0.29) is 146 Å². The third-order valence-electron chi connectivity index (χ3n) is 0. The number of hydrogen-bond donors (Lipinski definition) is 0. The van der Waals surface area contributed by atoms with Crippen molar-refractivity contribution < 1.29 is 146 Å². The predicted octanol–water partition coefficient (Wildman–Crippen LogP) is -6.59. The Bertz CT molecular complexity index is 9.65. The molecule has 0 aliphatic rings. The second kappa shape index (κ2) is 52.5. The Morgan fingerprint density at radius 2 is 0.571 bits per heavy atom. The molecule has 0 saturated heterocycles. The van der Waals surface area contributed by atoms with E-state index in [4.69, 9.17) is 0 Å². The van der Waals surface area contributed by atoms with Gasteiger partial charge in [-0.3, -0.25) is 0 Å². The molecule has 0 rings (SSSR count). The molecule has 0 aromatic carbocycles. The van der Waals surface area contributed by atoms with Crippen LogP contribution in [0.5, 0.6) is 0 Å². The van der Waals surface area contributed by atoms with E-state index in [1.807, 2.05) is 0 Å². The van der Waals surface area contributed by atoms with Crippen molar-refractivity contribution >= 4 is 0 Å². The second-order valence-electron chi connectivity index (χ2n) is 0. The van der Waals surface area contributed by atoms with Gasteiger partial charge in [-0.05, 0) is 0 Å². The van der Waals surface area contributed by atoms with Gasteiger partial charge in [0.2, 0.25) is 0 Å². The average molecular weight is 240 g/mol. The summed E-state index contributed by atoms with van der Waals surface area (Å²) in [6.45, 7) is 0. The summed E-state index contributed by atoms with van der Waals surface area (Å²) < 4.78 is 0. The maximum absolute atomic E-state index is 0. The van der Waals surface area contributed by atoms with Crippen molar-refractivity contribution in [3.63, 3.8) is 0 Å². The Hall–Kier alpha value is 3.80. The van der Waals surface area contributed by atoms with Gasteiger partial charge in [-0.2, -0.15) is 0 Å². The predicted molar refractivity (Wildman–Crippen MR) is 5.24 cm³/mol. The van der Waals surface area contributed by atoms with Crippen LogP contribution in [0.3, 0.4) is 0 Å². The maximum Gasteiger partial charge on any atom is 4.00 e. The number of hydrogen-bond acceptors (Lipinski definition) is 2. The van der Waals surface area contributed by atoms with Gasteiger partial charge in [-0.1, -0.05) is 0 Å². The first-order chi connectivity index (χ1) is 0. The van der Waals surface area contributed by atoms with Crippen LogP contribution in [0, 0.1) is 0 Å². The van der Waals surface area contributed by atoms with Crippen LogP contribution in [0.2, 0.25) is 0 Å². The largest absolute Gasteiger partial charge is 4.00 e. The monoisotopic (exact) mass is 242 g/mol. The van der Waals surface area contributed by atoms with Gasteiger partial charge in [0.05, 0.1) is 0 Å². The molecule has 2 N–H and O–H groups in total. The van der Waals surface area contributed by atoms with E-state index in [0.717, 1.165) is 0 Å². The van der Waals surface area contributed by atoms with E-state index >= 15 is 0 Å². The van der Waals surface area contributed by atoms with Crippen LogP contribution in [0.15, 0.2) is 0 Å². The van der Waals surface area contributed by atoms with Gasteiger partial charge in [0.25, 0.3) is 0 Å². The smallest absolute Gasteiger partial charge is 2.00 e. The summed E-state index contributed by atoms with van der Waals surface area (Å²) in [7, 11) is 0. The molecule has 7 heteroatoms. The first-order valence-corrected chi connectivity index (χ1v) is 0. The molecule has 0 saturated carbocycles. The van der Waals surface area contributed by atoms with Gasteiger partial charge in [-0.15, -0.1) is 0 Å². The average Bonchev–Trinajstić information content (AvgIpc) is 0. The molecule has 0 unspecified atom stereocenters. The van der Waals surface area contributed by atoms with Crippen LogP contribution in [0.4, 0.5) is 0 Å². The van der Waals surface area contributed by atoms with E-state index in [1.54, 1.807) is 0 Å². The van der Waals surface area contributed by atoms with E-state index in [1.165, 1.54) is 0 Å². The van der Waals surface area contributed by atoms with Crippen LogP contribution in [0.25, 0.3) is 0 Å². The second-order valence-corrected chi connectivity index (χ2v) is 0. The maximum atomic E-state index is 0. The summed E-state index contributed by atoms with van der Waals surface area (Å²) in [6.07, 6.45) is 0. The summed E-state index contributed by atoms with van der Waals surface area (Å²) in [4.78, 5) is 0. The minimum atomic E-state index is 0. The van der Waals surface area contributed by atoms with Crippen molar-refractivity contribution in [3.8, 4) is 0 Å². The summed E-state index contributed by atoms with van der Waals surface area (Å²) >= 11 is 0. The fraction of sp³-hybridized carbons (Fsp3) is 0. The summed E-state index contributed by atoms with van der Waals surface area (Å²) in [5.41, 5.74) is 0. The Balaban J connectivity index is 0. The van der Waals surface area contributed by atoms with Crippen LogP contribution in [-0.4, -0.2) is 11.0 Å².